The Hall–Kier alpha value is -2.16. The van der Waals surface area contributed by atoms with E-state index in [-0.39, 0.29) is 6.10 Å². The van der Waals surface area contributed by atoms with Crippen LogP contribution in [0.2, 0.25) is 0 Å². The van der Waals surface area contributed by atoms with Crippen molar-refractivity contribution in [2.24, 2.45) is 0 Å². The van der Waals surface area contributed by atoms with Crippen LogP contribution in [0, 0.1) is 0 Å². The normalized spacial score (nSPS) is 10.7. The second-order valence-corrected chi connectivity index (χ2v) is 5.45. The molecule has 3 nitrogen and oxygen atoms in total. The second-order valence-electron chi connectivity index (χ2n) is 5.45. The molecule has 0 aliphatic rings. The standard InChI is InChI=1S/C18H24N2O/c1-4-7-14-8-5-6-9-17(14)20-15-10-11-16(19)18(12-15)21-13(2)3/h5-6,8-13,20H,4,7,19H2,1-3H3. The molecule has 2 aromatic carbocycles. The monoisotopic (exact) mass is 284 g/mol. The van der Waals surface area contributed by atoms with E-state index in [1.54, 1.807) is 0 Å². The predicted molar refractivity (Wildman–Crippen MR) is 90.3 cm³/mol. The number of para-hydroxylation sites is 1. The fourth-order valence-electron chi connectivity index (χ4n) is 2.25. The lowest BCUT2D eigenvalue weighted by atomic mass is 10.1. The van der Waals surface area contributed by atoms with Gasteiger partial charge in [-0.15, -0.1) is 0 Å². The Kier molecular flexibility index (Phi) is 5.09. The van der Waals surface area contributed by atoms with E-state index in [0.29, 0.717) is 5.69 Å². The Bertz CT molecular complexity index is 594. The fourth-order valence-corrected chi connectivity index (χ4v) is 2.25. The van der Waals surface area contributed by atoms with Crippen LogP contribution < -0.4 is 15.8 Å². The Labute approximate surface area is 127 Å². The maximum Gasteiger partial charge on any atom is 0.144 e. The molecular formula is C18H24N2O. The molecule has 112 valence electrons. The summed E-state index contributed by atoms with van der Waals surface area (Å²) in [4.78, 5) is 0. The van der Waals surface area contributed by atoms with Gasteiger partial charge in [-0.3, -0.25) is 0 Å². The molecule has 21 heavy (non-hydrogen) atoms. The summed E-state index contributed by atoms with van der Waals surface area (Å²) in [5.74, 6) is 0.725. The van der Waals surface area contributed by atoms with E-state index in [1.165, 1.54) is 5.56 Å². The van der Waals surface area contributed by atoms with Crippen LogP contribution in [0.15, 0.2) is 42.5 Å². The van der Waals surface area contributed by atoms with E-state index in [2.05, 4.69) is 30.4 Å². The summed E-state index contributed by atoms with van der Waals surface area (Å²) in [7, 11) is 0. The smallest absolute Gasteiger partial charge is 0.144 e. The Balaban J connectivity index is 2.23. The third kappa shape index (κ3) is 4.15. The van der Waals surface area contributed by atoms with Crippen molar-refractivity contribution in [3.05, 3.63) is 48.0 Å². The van der Waals surface area contributed by atoms with Gasteiger partial charge < -0.3 is 15.8 Å². The molecule has 2 aromatic rings. The van der Waals surface area contributed by atoms with Gasteiger partial charge in [-0.2, -0.15) is 0 Å². The number of rotatable bonds is 6. The minimum absolute atomic E-state index is 0.106. The first-order chi connectivity index (χ1) is 10.1. The number of nitrogens with one attached hydrogen (secondary N) is 1. The molecule has 0 spiro atoms. The molecule has 0 amide bonds. The average Bonchev–Trinajstić information content (AvgIpc) is 2.44. The molecule has 0 aliphatic carbocycles. The maximum atomic E-state index is 5.96. The molecule has 0 aromatic heterocycles. The van der Waals surface area contributed by atoms with Crippen LogP contribution in [0.25, 0.3) is 0 Å². The Morgan fingerprint density at radius 1 is 1.14 bits per heavy atom. The number of aryl methyl sites for hydroxylation is 1. The Morgan fingerprint density at radius 3 is 2.62 bits per heavy atom. The highest BCUT2D eigenvalue weighted by Gasteiger charge is 2.06. The molecule has 0 radical (unpaired) electrons. The van der Waals surface area contributed by atoms with E-state index in [9.17, 15) is 0 Å². The van der Waals surface area contributed by atoms with Crippen LogP contribution in [-0.2, 0) is 6.42 Å². The van der Waals surface area contributed by atoms with Gasteiger partial charge in [0.05, 0.1) is 11.8 Å². The first kappa shape index (κ1) is 15.2. The molecule has 0 unspecified atom stereocenters. The van der Waals surface area contributed by atoms with Gasteiger partial charge >= 0.3 is 0 Å². The fraction of sp³-hybridized carbons (Fsp3) is 0.333. The highest BCUT2D eigenvalue weighted by Crippen LogP contribution is 2.29. The largest absolute Gasteiger partial charge is 0.489 e. The van der Waals surface area contributed by atoms with Gasteiger partial charge in [0.25, 0.3) is 0 Å². The highest BCUT2D eigenvalue weighted by atomic mass is 16.5. The zero-order valence-corrected chi connectivity index (χ0v) is 13.0. The summed E-state index contributed by atoms with van der Waals surface area (Å²) in [6.07, 6.45) is 2.30. The molecule has 0 aliphatic heterocycles. The number of ether oxygens (including phenoxy) is 1. The van der Waals surface area contributed by atoms with Crippen LogP contribution in [0.5, 0.6) is 5.75 Å². The van der Waals surface area contributed by atoms with Crippen molar-refractivity contribution in [1.82, 2.24) is 0 Å². The number of nitrogens with two attached hydrogens (primary N) is 1. The average molecular weight is 284 g/mol. The third-order valence-corrected chi connectivity index (χ3v) is 3.19. The van der Waals surface area contributed by atoms with Crippen molar-refractivity contribution in [2.75, 3.05) is 11.1 Å². The van der Waals surface area contributed by atoms with E-state index >= 15 is 0 Å². The van der Waals surface area contributed by atoms with Gasteiger partial charge in [0.15, 0.2) is 0 Å². The van der Waals surface area contributed by atoms with Crippen LogP contribution in [0.1, 0.15) is 32.8 Å². The Morgan fingerprint density at radius 2 is 1.90 bits per heavy atom. The van der Waals surface area contributed by atoms with Gasteiger partial charge in [0.1, 0.15) is 5.75 Å². The van der Waals surface area contributed by atoms with Crippen molar-refractivity contribution in [1.29, 1.82) is 0 Å². The molecule has 3 N–H and O–H groups in total. The summed E-state index contributed by atoms with van der Waals surface area (Å²) >= 11 is 0. The number of nitrogen functional groups attached to an aromatic ring is 1. The van der Waals surface area contributed by atoms with E-state index in [0.717, 1.165) is 30.0 Å². The number of hydrogen-bond donors (Lipinski definition) is 2. The van der Waals surface area contributed by atoms with E-state index < -0.39 is 0 Å². The summed E-state index contributed by atoms with van der Waals surface area (Å²) in [5, 5.41) is 3.46. The summed E-state index contributed by atoms with van der Waals surface area (Å²) in [5.41, 5.74) is 10.1. The van der Waals surface area contributed by atoms with Crippen LogP contribution >= 0.6 is 0 Å². The van der Waals surface area contributed by atoms with E-state index in [1.807, 2.05) is 38.1 Å². The summed E-state index contributed by atoms with van der Waals surface area (Å²) < 4.78 is 5.74. The quantitative estimate of drug-likeness (QED) is 0.752. The topological polar surface area (TPSA) is 47.3 Å². The zero-order chi connectivity index (χ0) is 15.2. The van der Waals surface area contributed by atoms with Gasteiger partial charge in [-0.25, -0.2) is 0 Å². The first-order valence-electron chi connectivity index (χ1n) is 7.51. The van der Waals surface area contributed by atoms with Gasteiger partial charge in [-0.1, -0.05) is 31.5 Å². The molecule has 0 saturated carbocycles. The third-order valence-electron chi connectivity index (χ3n) is 3.19. The molecule has 0 heterocycles. The molecule has 0 saturated heterocycles. The lowest BCUT2D eigenvalue weighted by Crippen LogP contribution is -2.07. The van der Waals surface area contributed by atoms with E-state index in [4.69, 9.17) is 10.5 Å². The molecular weight excluding hydrogens is 260 g/mol. The van der Waals surface area contributed by atoms with Crippen LogP contribution in [0.3, 0.4) is 0 Å². The summed E-state index contributed by atoms with van der Waals surface area (Å²) in [6.45, 7) is 6.18. The van der Waals surface area contributed by atoms with Crippen molar-refractivity contribution >= 4 is 17.1 Å². The van der Waals surface area contributed by atoms with Gasteiger partial charge in [0, 0.05) is 17.4 Å². The minimum Gasteiger partial charge on any atom is -0.489 e. The molecule has 0 bridgehead atoms. The maximum absolute atomic E-state index is 5.96. The van der Waals surface area contributed by atoms with Crippen molar-refractivity contribution in [3.8, 4) is 5.75 Å². The number of anilines is 3. The SMILES string of the molecule is CCCc1ccccc1Nc1ccc(N)c(OC(C)C)c1. The number of hydrogen-bond acceptors (Lipinski definition) is 3. The molecule has 2 rings (SSSR count). The predicted octanol–water partition coefficient (Wildman–Crippen LogP) is 4.75. The van der Waals surface area contributed by atoms with Gasteiger partial charge in [-0.05, 0) is 44.0 Å². The van der Waals surface area contributed by atoms with Crippen molar-refractivity contribution in [2.45, 2.75) is 39.7 Å². The lowest BCUT2D eigenvalue weighted by Gasteiger charge is -2.15. The summed E-state index contributed by atoms with van der Waals surface area (Å²) in [6, 6.07) is 14.2. The molecule has 0 fully saturated rings. The molecule has 3 heteroatoms. The zero-order valence-electron chi connectivity index (χ0n) is 13.0. The highest BCUT2D eigenvalue weighted by molar-refractivity contribution is 5.68. The van der Waals surface area contributed by atoms with Crippen LogP contribution in [-0.4, -0.2) is 6.10 Å². The minimum atomic E-state index is 0.106. The second kappa shape index (κ2) is 7.02. The van der Waals surface area contributed by atoms with Crippen molar-refractivity contribution < 1.29 is 4.74 Å². The first-order valence-corrected chi connectivity index (χ1v) is 7.51. The van der Waals surface area contributed by atoms with Crippen LogP contribution in [0.4, 0.5) is 17.1 Å². The molecule has 0 atom stereocenters. The lowest BCUT2D eigenvalue weighted by molar-refractivity contribution is 0.244. The van der Waals surface area contributed by atoms with Crippen molar-refractivity contribution in [3.63, 3.8) is 0 Å². The number of benzene rings is 2. The van der Waals surface area contributed by atoms with Gasteiger partial charge in [0.2, 0.25) is 0 Å².